The third kappa shape index (κ3) is 3.07. The van der Waals surface area contributed by atoms with Gasteiger partial charge < -0.3 is 9.30 Å². The van der Waals surface area contributed by atoms with Crippen molar-refractivity contribution in [2.75, 3.05) is 26.3 Å². The van der Waals surface area contributed by atoms with Crippen LogP contribution in [0.4, 0.5) is 0 Å². The highest BCUT2D eigenvalue weighted by molar-refractivity contribution is 7.22. The second-order valence-electron chi connectivity index (χ2n) is 8.83. The molecule has 150 valence electrons. The number of ether oxygens (including phenoxy) is 1. The van der Waals surface area contributed by atoms with Gasteiger partial charge in [0.25, 0.3) is 5.56 Å². The zero-order valence-electron chi connectivity index (χ0n) is 16.5. The summed E-state index contributed by atoms with van der Waals surface area (Å²) in [6.45, 7) is 4.86. The molecule has 2 bridgehead atoms. The molecule has 0 radical (unpaired) electrons. The number of piperidine rings is 1. The van der Waals surface area contributed by atoms with Gasteiger partial charge in [0.15, 0.2) is 0 Å². The molecule has 2 saturated heterocycles. The number of nitrogens with zero attached hydrogens (tertiary/aromatic N) is 2. The van der Waals surface area contributed by atoms with Gasteiger partial charge in [-0.05, 0) is 54.8 Å². The predicted octanol–water partition coefficient (Wildman–Crippen LogP) is 4.33. The van der Waals surface area contributed by atoms with Crippen LogP contribution >= 0.6 is 11.3 Å². The Morgan fingerprint density at radius 2 is 1.86 bits per heavy atom. The molecule has 2 unspecified atom stereocenters. The lowest BCUT2D eigenvalue weighted by Gasteiger charge is -2.46. The molecule has 5 heteroatoms. The summed E-state index contributed by atoms with van der Waals surface area (Å²) in [4.78, 5) is 17.2. The van der Waals surface area contributed by atoms with Crippen molar-refractivity contribution in [3.63, 3.8) is 0 Å². The summed E-state index contributed by atoms with van der Waals surface area (Å²) < 4.78 is 8.90. The largest absolute Gasteiger partial charge is 0.381 e. The summed E-state index contributed by atoms with van der Waals surface area (Å²) in [5, 5.41) is 1.22. The highest BCUT2D eigenvalue weighted by Crippen LogP contribution is 2.38. The molecule has 0 amide bonds. The second kappa shape index (κ2) is 7.08. The molecule has 5 heterocycles. The van der Waals surface area contributed by atoms with Gasteiger partial charge in [0.2, 0.25) is 0 Å². The highest BCUT2D eigenvalue weighted by Gasteiger charge is 2.37. The van der Waals surface area contributed by atoms with E-state index in [4.69, 9.17) is 4.74 Å². The van der Waals surface area contributed by atoms with Gasteiger partial charge in [0, 0.05) is 60.1 Å². The molecule has 2 fully saturated rings. The Morgan fingerprint density at radius 3 is 2.72 bits per heavy atom. The van der Waals surface area contributed by atoms with Crippen molar-refractivity contribution in [2.45, 2.75) is 37.8 Å². The number of hydrogen-bond donors (Lipinski definition) is 0. The number of benzene rings is 1. The van der Waals surface area contributed by atoms with E-state index in [9.17, 15) is 4.79 Å². The van der Waals surface area contributed by atoms with E-state index in [1.165, 1.54) is 22.2 Å². The maximum absolute atomic E-state index is 13.4. The zero-order chi connectivity index (χ0) is 19.4. The Bertz CT molecular complexity index is 1080. The van der Waals surface area contributed by atoms with E-state index in [2.05, 4.69) is 51.9 Å². The number of pyridine rings is 1. The molecule has 0 N–H and O–H groups in total. The number of thiophene rings is 1. The Balaban J connectivity index is 1.34. The molecule has 0 spiro atoms. The molecule has 6 rings (SSSR count). The van der Waals surface area contributed by atoms with Gasteiger partial charge in [-0.1, -0.05) is 18.2 Å². The zero-order valence-corrected chi connectivity index (χ0v) is 17.4. The van der Waals surface area contributed by atoms with Crippen LogP contribution in [0.3, 0.4) is 0 Å². The van der Waals surface area contributed by atoms with Crippen LogP contribution in [0.25, 0.3) is 20.5 Å². The number of aromatic nitrogens is 1. The van der Waals surface area contributed by atoms with Crippen molar-refractivity contribution in [1.82, 2.24) is 9.47 Å². The van der Waals surface area contributed by atoms with E-state index in [1.807, 2.05) is 0 Å². The quantitative estimate of drug-likeness (QED) is 0.635. The van der Waals surface area contributed by atoms with Crippen molar-refractivity contribution in [3.05, 3.63) is 58.5 Å². The number of rotatable bonds is 2. The summed E-state index contributed by atoms with van der Waals surface area (Å²) in [5.74, 6) is 1.06. The minimum absolute atomic E-state index is 0.197. The third-order valence-electron chi connectivity index (χ3n) is 7.03. The molecule has 2 aromatic heterocycles. The van der Waals surface area contributed by atoms with Gasteiger partial charge in [-0.15, -0.1) is 11.3 Å². The maximum Gasteiger partial charge on any atom is 0.259 e. The standard InChI is InChI=1S/C24H26N2O2S/c27-24-20(23-12-17-3-1-2-4-22(17)29-23)5-6-21-18-11-16(14-26(21)24)13-25(15-18)19-7-9-28-10-8-19/h1-6,12,16,18-19H,7-11,13-15H2. The SMILES string of the molecule is O=c1c(-c2cc3ccccc3s2)ccc2n1CC1CC2CN(C2CCOCC2)C1. The molecule has 1 aromatic carbocycles. The topological polar surface area (TPSA) is 34.5 Å². The van der Waals surface area contributed by atoms with E-state index >= 15 is 0 Å². The molecule has 4 nitrogen and oxygen atoms in total. The average molecular weight is 407 g/mol. The van der Waals surface area contributed by atoms with Crippen LogP contribution in [0, 0.1) is 5.92 Å². The molecule has 0 aliphatic carbocycles. The fourth-order valence-corrected chi connectivity index (χ4v) is 6.71. The van der Waals surface area contributed by atoms with Gasteiger partial charge in [-0.2, -0.15) is 0 Å². The molecule has 3 aliphatic heterocycles. The van der Waals surface area contributed by atoms with Crippen LogP contribution < -0.4 is 5.56 Å². The first-order valence-corrected chi connectivity index (χ1v) is 11.6. The number of likely N-dealkylation sites (tertiary alicyclic amines) is 1. The Kier molecular flexibility index (Phi) is 4.36. The minimum atomic E-state index is 0.197. The van der Waals surface area contributed by atoms with E-state index < -0.39 is 0 Å². The van der Waals surface area contributed by atoms with Crippen molar-refractivity contribution >= 4 is 21.4 Å². The van der Waals surface area contributed by atoms with Crippen LogP contribution in [-0.2, 0) is 11.3 Å². The van der Waals surface area contributed by atoms with Gasteiger partial charge in [-0.25, -0.2) is 0 Å². The maximum atomic E-state index is 13.4. The van der Waals surface area contributed by atoms with Crippen LogP contribution in [0.15, 0.2) is 47.3 Å². The lowest BCUT2D eigenvalue weighted by Crippen LogP contribution is -2.51. The Labute approximate surface area is 174 Å². The van der Waals surface area contributed by atoms with E-state index in [0.29, 0.717) is 17.9 Å². The fraction of sp³-hybridized carbons (Fsp3) is 0.458. The number of fused-ring (bicyclic) bond motifs is 5. The lowest BCUT2D eigenvalue weighted by molar-refractivity contribution is 0.00589. The van der Waals surface area contributed by atoms with E-state index in [0.717, 1.165) is 56.1 Å². The molecular formula is C24H26N2O2S. The smallest absolute Gasteiger partial charge is 0.259 e. The molecule has 0 saturated carbocycles. The summed E-state index contributed by atoms with van der Waals surface area (Å²) in [6.07, 6.45) is 3.52. The van der Waals surface area contributed by atoms with Crippen molar-refractivity contribution in [2.24, 2.45) is 5.92 Å². The lowest BCUT2D eigenvalue weighted by atomic mass is 9.82. The van der Waals surface area contributed by atoms with Gasteiger partial charge in [-0.3, -0.25) is 9.69 Å². The monoisotopic (exact) mass is 406 g/mol. The van der Waals surface area contributed by atoms with Crippen LogP contribution in [-0.4, -0.2) is 41.8 Å². The number of hydrogen-bond acceptors (Lipinski definition) is 4. The van der Waals surface area contributed by atoms with Gasteiger partial charge in [0.1, 0.15) is 0 Å². The first-order valence-electron chi connectivity index (χ1n) is 10.8. The molecule has 3 aromatic rings. The van der Waals surface area contributed by atoms with E-state index in [1.54, 1.807) is 11.3 Å². The first kappa shape index (κ1) is 17.9. The van der Waals surface area contributed by atoms with Crippen LogP contribution in [0.5, 0.6) is 0 Å². The second-order valence-corrected chi connectivity index (χ2v) is 9.92. The summed E-state index contributed by atoms with van der Waals surface area (Å²) in [6, 6.07) is 15.5. The summed E-state index contributed by atoms with van der Waals surface area (Å²) >= 11 is 1.72. The Hall–Kier alpha value is -1.95. The summed E-state index contributed by atoms with van der Waals surface area (Å²) in [7, 11) is 0. The van der Waals surface area contributed by atoms with Crippen LogP contribution in [0.1, 0.15) is 30.9 Å². The van der Waals surface area contributed by atoms with Crippen molar-refractivity contribution < 1.29 is 4.74 Å². The molecule has 29 heavy (non-hydrogen) atoms. The normalized spacial score (nSPS) is 25.2. The average Bonchev–Trinajstić information content (AvgIpc) is 3.19. The minimum Gasteiger partial charge on any atom is -0.381 e. The van der Waals surface area contributed by atoms with Gasteiger partial charge >= 0.3 is 0 Å². The highest BCUT2D eigenvalue weighted by atomic mass is 32.1. The van der Waals surface area contributed by atoms with Gasteiger partial charge in [0.05, 0.1) is 5.56 Å². The van der Waals surface area contributed by atoms with E-state index in [-0.39, 0.29) is 5.56 Å². The van der Waals surface area contributed by atoms with Crippen molar-refractivity contribution in [1.29, 1.82) is 0 Å². The van der Waals surface area contributed by atoms with Crippen LogP contribution in [0.2, 0.25) is 0 Å². The van der Waals surface area contributed by atoms with Crippen molar-refractivity contribution in [3.8, 4) is 10.4 Å². The Morgan fingerprint density at radius 1 is 1.00 bits per heavy atom. The summed E-state index contributed by atoms with van der Waals surface area (Å²) in [5.41, 5.74) is 2.30. The fourth-order valence-electron chi connectivity index (χ4n) is 5.63. The predicted molar refractivity (Wildman–Crippen MR) is 118 cm³/mol. The molecule has 2 atom stereocenters. The third-order valence-corrected chi connectivity index (χ3v) is 8.18. The first-order chi connectivity index (χ1) is 14.3. The molecule has 3 aliphatic rings. The molecular weight excluding hydrogens is 380 g/mol.